The van der Waals surface area contributed by atoms with Gasteiger partial charge in [0.1, 0.15) is 5.75 Å². The van der Waals surface area contributed by atoms with Gasteiger partial charge in [-0.3, -0.25) is 4.98 Å². The van der Waals surface area contributed by atoms with Crippen molar-refractivity contribution in [1.82, 2.24) is 10.3 Å². The number of rotatable bonds is 5. The zero-order valence-corrected chi connectivity index (χ0v) is 12.6. The van der Waals surface area contributed by atoms with Crippen LogP contribution >= 0.6 is 0 Å². The maximum atomic E-state index is 5.62. The van der Waals surface area contributed by atoms with Gasteiger partial charge in [-0.15, -0.1) is 0 Å². The number of nitrogens with one attached hydrogen (secondary N) is 1. The minimum absolute atomic E-state index is 0.216. The van der Waals surface area contributed by atoms with Crippen molar-refractivity contribution >= 4 is 0 Å². The van der Waals surface area contributed by atoms with Gasteiger partial charge in [-0.05, 0) is 50.1 Å². The topological polar surface area (TPSA) is 34.2 Å². The summed E-state index contributed by atoms with van der Waals surface area (Å²) < 4.78 is 5.62. The first-order valence-electron chi connectivity index (χ1n) is 6.87. The molecule has 2 aromatic rings. The average molecular weight is 270 g/mol. The van der Waals surface area contributed by atoms with Gasteiger partial charge in [0.2, 0.25) is 0 Å². The van der Waals surface area contributed by atoms with Crippen LogP contribution < -0.4 is 10.1 Å². The van der Waals surface area contributed by atoms with Crippen molar-refractivity contribution in [3.63, 3.8) is 0 Å². The molecule has 0 saturated heterocycles. The van der Waals surface area contributed by atoms with E-state index in [1.807, 2.05) is 19.3 Å². The van der Waals surface area contributed by atoms with Crippen molar-refractivity contribution in [3.05, 3.63) is 58.9 Å². The van der Waals surface area contributed by atoms with Crippen molar-refractivity contribution in [2.24, 2.45) is 0 Å². The largest absolute Gasteiger partial charge is 0.496 e. The third-order valence-corrected chi connectivity index (χ3v) is 3.80. The molecule has 0 radical (unpaired) electrons. The summed E-state index contributed by atoms with van der Waals surface area (Å²) in [7, 11) is 3.72. The molecule has 20 heavy (non-hydrogen) atoms. The molecule has 1 atom stereocenters. The van der Waals surface area contributed by atoms with Crippen LogP contribution in [0.5, 0.6) is 5.75 Å². The molecule has 3 heteroatoms. The number of benzene rings is 1. The van der Waals surface area contributed by atoms with Crippen molar-refractivity contribution < 1.29 is 4.74 Å². The van der Waals surface area contributed by atoms with E-state index in [4.69, 9.17) is 4.74 Å². The maximum absolute atomic E-state index is 5.62. The third kappa shape index (κ3) is 2.99. The standard InChI is InChI=1S/C17H22N2O/c1-12-7-8-15(17(20-4)13(12)2)16(18-3)10-14-6-5-9-19-11-14/h5-9,11,16,18H,10H2,1-4H3. The molecule has 1 aromatic heterocycles. The summed E-state index contributed by atoms with van der Waals surface area (Å²) in [5, 5.41) is 3.38. The zero-order chi connectivity index (χ0) is 14.5. The highest BCUT2D eigenvalue weighted by atomic mass is 16.5. The number of hydrogen-bond acceptors (Lipinski definition) is 3. The quantitative estimate of drug-likeness (QED) is 0.906. The van der Waals surface area contributed by atoms with Gasteiger partial charge in [0, 0.05) is 24.0 Å². The van der Waals surface area contributed by atoms with E-state index in [-0.39, 0.29) is 6.04 Å². The van der Waals surface area contributed by atoms with Crippen molar-refractivity contribution in [2.75, 3.05) is 14.2 Å². The van der Waals surface area contributed by atoms with Crippen LogP contribution in [0.2, 0.25) is 0 Å². The van der Waals surface area contributed by atoms with E-state index in [9.17, 15) is 0 Å². The highest BCUT2D eigenvalue weighted by molar-refractivity contribution is 5.47. The summed E-state index contributed by atoms with van der Waals surface area (Å²) >= 11 is 0. The number of aryl methyl sites for hydroxylation is 1. The molecule has 1 unspecified atom stereocenters. The van der Waals surface area contributed by atoms with E-state index in [0.717, 1.165) is 12.2 Å². The lowest BCUT2D eigenvalue weighted by atomic mass is 9.95. The smallest absolute Gasteiger partial charge is 0.126 e. The van der Waals surface area contributed by atoms with Crippen molar-refractivity contribution in [2.45, 2.75) is 26.3 Å². The van der Waals surface area contributed by atoms with Gasteiger partial charge in [-0.1, -0.05) is 18.2 Å². The molecule has 0 bridgehead atoms. The summed E-state index contributed by atoms with van der Waals surface area (Å²) in [5.41, 5.74) is 4.87. The summed E-state index contributed by atoms with van der Waals surface area (Å²) in [6, 6.07) is 8.60. The first-order valence-corrected chi connectivity index (χ1v) is 6.87. The summed E-state index contributed by atoms with van der Waals surface area (Å²) in [5.74, 6) is 0.980. The number of ether oxygens (including phenoxy) is 1. The van der Waals surface area contributed by atoms with Gasteiger partial charge in [0.25, 0.3) is 0 Å². The third-order valence-electron chi connectivity index (χ3n) is 3.80. The Kier molecular flexibility index (Phi) is 4.74. The number of methoxy groups -OCH3 is 1. The van der Waals surface area contributed by atoms with E-state index >= 15 is 0 Å². The predicted octanol–water partition coefficient (Wildman–Crippen LogP) is 3.21. The Bertz CT molecular complexity index is 567. The molecule has 0 aliphatic carbocycles. The minimum Gasteiger partial charge on any atom is -0.496 e. The lowest BCUT2D eigenvalue weighted by Gasteiger charge is -2.21. The second-order valence-electron chi connectivity index (χ2n) is 5.04. The van der Waals surface area contributed by atoms with E-state index in [1.54, 1.807) is 13.3 Å². The Labute approximate surface area is 121 Å². The summed E-state index contributed by atoms with van der Waals surface area (Å²) in [4.78, 5) is 4.18. The van der Waals surface area contributed by atoms with E-state index < -0.39 is 0 Å². The molecular formula is C17H22N2O. The number of likely N-dealkylation sites (N-methyl/N-ethyl adjacent to an activating group) is 1. The highest BCUT2D eigenvalue weighted by Gasteiger charge is 2.17. The minimum atomic E-state index is 0.216. The van der Waals surface area contributed by atoms with Gasteiger partial charge < -0.3 is 10.1 Å². The molecular weight excluding hydrogens is 248 g/mol. The molecule has 0 fully saturated rings. The van der Waals surface area contributed by atoms with Crippen LogP contribution in [0.4, 0.5) is 0 Å². The Balaban J connectivity index is 2.35. The average Bonchev–Trinajstić information content (AvgIpc) is 2.48. The first kappa shape index (κ1) is 14.5. The molecule has 1 heterocycles. The molecule has 106 valence electrons. The molecule has 2 rings (SSSR count). The fourth-order valence-electron chi connectivity index (χ4n) is 2.48. The van der Waals surface area contributed by atoms with Crippen LogP contribution in [0.25, 0.3) is 0 Å². The highest BCUT2D eigenvalue weighted by Crippen LogP contribution is 2.32. The van der Waals surface area contributed by atoms with Gasteiger partial charge in [0.15, 0.2) is 0 Å². The molecule has 3 nitrogen and oxygen atoms in total. The molecule has 0 amide bonds. The molecule has 0 aliphatic heterocycles. The second-order valence-corrected chi connectivity index (χ2v) is 5.04. The molecule has 0 aliphatic rings. The van der Waals surface area contributed by atoms with Gasteiger partial charge >= 0.3 is 0 Å². The Morgan fingerprint density at radius 2 is 2.05 bits per heavy atom. The number of aromatic nitrogens is 1. The monoisotopic (exact) mass is 270 g/mol. The summed E-state index contributed by atoms with van der Waals surface area (Å²) in [6.45, 7) is 4.21. The molecule has 0 spiro atoms. The Hall–Kier alpha value is -1.87. The zero-order valence-electron chi connectivity index (χ0n) is 12.6. The fourth-order valence-corrected chi connectivity index (χ4v) is 2.48. The molecule has 1 aromatic carbocycles. The molecule has 0 saturated carbocycles. The number of hydrogen-bond donors (Lipinski definition) is 1. The lowest BCUT2D eigenvalue weighted by molar-refractivity contribution is 0.397. The Morgan fingerprint density at radius 3 is 2.65 bits per heavy atom. The lowest BCUT2D eigenvalue weighted by Crippen LogP contribution is -2.20. The van der Waals surface area contributed by atoms with E-state index in [2.05, 4.69) is 42.3 Å². The predicted molar refractivity (Wildman–Crippen MR) is 82.2 cm³/mol. The fraction of sp³-hybridized carbons (Fsp3) is 0.353. The van der Waals surface area contributed by atoms with Crippen LogP contribution in [0.3, 0.4) is 0 Å². The van der Waals surface area contributed by atoms with Crippen molar-refractivity contribution in [1.29, 1.82) is 0 Å². The number of pyridine rings is 1. The molecule has 1 N–H and O–H groups in total. The van der Waals surface area contributed by atoms with Crippen LogP contribution in [-0.2, 0) is 6.42 Å². The van der Waals surface area contributed by atoms with Gasteiger partial charge in [-0.2, -0.15) is 0 Å². The SMILES string of the molecule is CNC(Cc1cccnc1)c1ccc(C)c(C)c1OC. The maximum Gasteiger partial charge on any atom is 0.126 e. The normalized spacial score (nSPS) is 12.2. The second kappa shape index (κ2) is 6.53. The van der Waals surface area contributed by atoms with Gasteiger partial charge in [0.05, 0.1) is 7.11 Å². The van der Waals surface area contributed by atoms with Crippen LogP contribution in [0.1, 0.15) is 28.3 Å². The summed E-state index contributed by atoms with van der Waals surface area (Å²) in [6.07, 6.45) is 4.61. The number of nitrogens with zero attached hydrogens (tertiary/aromatic N) is 1. The van der Waals surface area contributed by atoms with Crippen molar-refractivity contribution in [3.8, 4) is 5.75 Å². The van der Waals surface area contributed by atoms with Crippen LogP contribution in [0.15, 0.2) is 36.7 Å². The van der Waals surface area contributed by atoms with E-state index in [1.165, 1.54) is 22.3 Å². The Morgan fingerprint density at radius 1 is 1.25 bits per heavy atom. The van der Waals surface area contributed by atoms with E-state index in [0.29, 0.717) is 0 Å². The first-order chi connectivity index (χ1) is 9.67. The van der Waals surface area contributed by atoms with Crippen LogP contribution in [-0.4, -0.2) is 19.1 Å². The van der Waals surface area contributed by atoms with Gasteiger partial charge in [-0.25, -0.2) is 0 Å². The van der Waals surface area contributed by atoms with Crippen LogP contribution in [0, 0.1) is 13.8 Å².